The Morgan fingerprint density at radius 3 is 1.10 bits per heavy atom. The summed E-state index contributed by atoms with van der Waals surface area (Å²) in [7, 11) is 0. The second-order valence-electron chi connectivity index (χ2n) is 16.5. The Balaban J connectivity index is 0.000000183. The normalized spacial score (nSPS) is 17.7. The lowest BCUT2D eigenvalue weighted by Crippen LogP contribution is -2.51. The third-order valence-electron chi connectivity index (χ3n) is 11.8. The number of carboxylic acids is 1. The van der Waals surface area contributed by atoms with Crippen LogP contribution in [0.2, 0.25) is 0 Å². The van der Waals surface area contributed by atoms with E-state index in [0.717, 1.165) is 51.4 Å². The predicted molar refractivity (Wildman–Crippen MR) is 256 cm³/mol. The molecule has 67 heavy (non-hydrogen) atoms. The standard InChI is InChI=1S/C27H27N3O3.C14H10O3.C13H19N3O/c31-25(19-7-3-1-4-8-19)20-11-13-21(14-12-20)26(32)29-23-9-5-2-6-10-24(23)30-27(33)22-15-17-28-18-16-22;15-13(10-4-2-1-3-5-10)11-6-8-12(9-7-11)14(16)17;14-11-4-2-1-3-5-12(11)16-13(17)10-6-8-15-9-7-10/h1,3-4,7-8,11-18,23-24H,2,5-6,9-10H2,(H,29,32)(H,30,33);1-9H,(H,16,17);6-9,11-12H,1-5,14H2,(H,16,17)/t23-,24-;;11-,12-/m1.1/s1. The van der Waals surface area contributed by atoms with Gasteiger partial charge in [0.25, 0.3) is 17.7 Å². The van der Waals surface area contributed by atoms with Crippen molar-refractivity contribution in [1.29, 1.82) is 0 Å². The molecule has 344 valence electrons. The maximum absolute atomic E-state index is 13.0. The van der Waals surface area contributed by atoms with Gasteiger partial charge in [0.05, 0.1) is 5.56 Å². The first-order valence-electron chi connectivity index (χ1n) is 22.7. The van der Waals surface area contributed by atoms with Crippen LogP contribution in [0.1, 0.15) is 137 Å². The highest BCUT2D eigenvalue weighted by Gasteiger charge is 2.28. The van der Waals surface area contributed by atoms with Crippen LogP contribution in [0.3, 0.4) is 0 Å². The zero-order chi connectivity index (χ0) is 47.4. The lowest BCUT2D eigenvalue weighted by atomic mass is 10.00. The van der Waals surface area contributed by atoms with Gasteiger partial charge in [-0.25, -0.2) is 4.79 Å². The lowest BCUT2D eigenvalue weighted by molar-refractivity contribution is 0.0695. The molecule has 13 nitrogen and oxygen atoms in total. The summed E-state index contributed by atoms with van der Waals surface area (Å²) in [6.07, 6.45) is 16.6. The molecule has 3 amide bonds. The van der Waals surface area contributed by atoms with E-state index >= 15 is 0 Å². The number of benzene rings is 4. The molecule has 2 heterocycles. The van der Waals surface area contributed by atoms with E-state index in [1.165, 1.54) is 37.1 Å². The van der Waals surface area contributed by atoms with Crippen molar-refractivity contribution in [3.63, 3.8) is 0 Å². The average molecular weight is 901 g/mol. The van der Waals surface area contributed by atoms with Gasteiger partial charge in [-0.1, -0.05) is 123 Å². The third kappa shape index (κ3) is 14.7. The summed E-state index contributed by atoms with van der Waals surface area (Å²) >= 11 is 0. The van der Waals surface area contributed by atoms with Crippen molar-refractivity contribution in [1.82, 2.24) is 25.9 Å². The average Bonchev–Trinajstić information content (AvgIpc) is 3.73. The largest absolute Gasteiger partial charge is 0.478 e. The summed E-state index contributed by atoms with van der Waals surface area (Å²) in [6.45, 7) is 0. The summed E-state index contributed by atoms with van der Waals surface area (Å²) in [5, 5.41) is 18.0. The molecule has 0 saturated heterocycles. The fraction of sp³-hybridized carbons (Fsp3) is 0.259. The number of hydrogen-bond acceptors (Lipinski definition) is 9. The number of aromatic nitrogens is 2. The zero-order valence-corrected chi connectivity index (χ0v) is 37.3. The summed E-state index contributed by atoms with van der Waals surface area (Å²) in [5.74, 6) is -1.60. The Bertz CT molecular complexity index is 2540. The molecule has 8 rings (SSSR count). The second-order valence-corrected chi connectivity index (χ2v) is 16.5. The highest BCUT2D eigenvalue weighted by Crippen LogP contribution is 2.21. The van der Waals surface area contributed by atoms with E-state index in [1.54, 1.807) is 110 Å². The molecule has 2 aliphatic rings. The number of hydrogen-bond donors (Lipinski definition) is 5. The first kappa shape index (κ1) is 48.8. The molecule has 4 atom stereocenters. The first-order chi connectivity index (χ1) is 32.6. The molecular formula is C54H56N6O7. The van der Waals surface area contributed by atoms with Gasteiger partial charge in [-0.05, 0) is 74.2 Å². The van der Waals surface area contributed by atoms with Crippen molar-refractivity contribution in [3.8, 4) is 0 Å². The van der Waals surface area contributed by atoms with E-state index < -0.39 is 5.97 Å². The molecule has 2 aromatic heterocycles. The Hall–Kier alpha value is -7.64. The quantitative estimate of drug-likeness (QED) is 0.0621. The van der Waals surface area contributed by atoms with Gasteiger partial charge in [0.2, 0.25) is 0 Å². The van der Waals surface area contributed by atoms with Gasteiger partial charge >= 0.3 is 5.97 Å². The monoisotopic (exact) mass is 900 g/mol. The molecule has 2 saturated carbocycles. The van der Waals surface area contributed by atoms with Crippen LogP contribution in [0, 0.1) is 0 Å². The number of aromatic carboxylic acids is 1. The van der Waals surface area contributed by atoms with Crippen LogP contribution < -0.4 is 21.7 Å². The highest BCUT2D eigenvalue weighted by atomic mass is 16.4. The van der Waals surface area contributed by atoms with Crippen LogP contribution in [-0.2, 0) is 0 Å². The van der Waals surface area contributed by atoms with Crippen molar-refractivity contribution in [2.24, 2.45) is 5.73 Å². The number of ketones is 2. The van der Waals surface area contributed by atoms with Crippen LogP contribution >= 0.6 is 0 Å². The predicted octanol–water partition coefficient (Wildman–Crippen LogP) is 8.26. The fourth-order valence-corrected chi connectivity index (χ4v) is 7.98. The van der Waals surface area contributed by atoms with Crippen molar-refractivity contribution < 1.29 is 33.9 Å². The van der Waals surface area contributed by atoms with Crippen LogP contribution in [0.5, 0.6) is 0 Å². The maximum Gasteiger partial charge on any atom is 0.335 e. The van der Waals surface area contributed by atoms with E-state index in [-0.39, 0.29) is 59.0 Å². The van der Waals surface area contributed by atoms with Gasteiger partial charge in [0.1, 0.15) is 0 Å². The third-order valence-corrected chi connectivity index (χ3v) is 11.8. The Kier molecular flexibility index (Phi) is 18.3. The summed E-state index contributed by atoms with van der Waals surface area (Å²) in [5.41, 5.74) is 10.2. The SMILES string of the molecule is N[C@@H]1CCCCC[C@H]1NC(=O)c1ccncc1.O=C(N[C@@H]1CCCCC[C@H]1NC(=O)c1ccc(C(=O)c2ccccc2)cc1)c1ccncc1.O=C(O)c1ccc(C(=O)c2ccccc2)cc1. The lowest BCUT2D eigenvalue weighted by Gasteiger charge is -2.27. The van der Waals surface area contributed by atoms with Gasteiger partial charge in [-0.3, -0.25) is 33.9 Å². The maximum atomic E-state index is 13.0. The summed E-state index contributed by atoms with van der Waals surface area (Å²) < 4.78 is 0. The van der Waals surface area contributed by atoms with Crippen LogP contribution in [0.4, 0.5) is 0 Å². The van der Waals surface area contributed by atoms with E-state index in [4.69, 9.17) is 10.8 Å². The molecule has 6 aromatic rings. The molecule has 0 radical (unpaired) electrons. The second kappa shape index (κ2) is 25.2. The van der Waals surface area contributed by atoms with E-state index in [0.29, 0.717) is 38.9 Å². The number of rotatable bonds is 11. The van der Waals surface area contributed by atoms with E-state index in [2.05, 4.69) is 25.9 Å². The topological polar surface area (TPSA) is 211 Å². The number of pyridine rings is 2. The number of nitrogens with zero attached hydrogens (tertiary/aromatic N) is 2. The Morgan fingerprint density at radius 2 is 0.701 bits per heavy atom. The Morgan fingerprint density at radius 1 is 0.388 bits per heavy atom. The van der Waals surface area contributed by atoms with E-state index in [1.807, 2.05) is 24.3 Å². The fourth-order valence-electron chi connectivity index (χ4n) is 7.98. The molecule has 2 fully saturated rings. The van der Waals surface area contributed by atoms with Gasteiger partial charge in [0, 0.05) is 87.9 Å². The highest BCUT2D eigenvalue weighted by molar-refractivity contribution is 6.10. The van der Waals surface area contributed by atoms with Crippen molar-refractivity contribution in [2.75, 3.05) is 0 Å². The minimum Gasteiger partial charge on any atom is -0.478 e. The van der Waals surface area contributed by atoms with E-state index in [9.17, 15) is 28.8 Å². The molecule has 4 aromatic carbocycles. The number of carboxylic acid groups (broad SMARTS) is 1. The first-order valence-corrected chi connectivity index (χ1v) is 22.7. The van der Waals surface area contributed by atoms with Crippen LogP contribution in [0.15, 0.2) is 158 Å². The number of carbonyl (C=O) groups excluding carboxylic acids is 5. The van der Waals surface area contributed by atoms with Crippen LogP contribution in [-0.4, -0.2) is 74.5 Å². The molecule has 6 N–H and O–H groups in total. The number of nitrogens with one attached hydrogen (secondary N) is 3. The van der Waals surface area contributed by atoms with Gasteiger partial charge < -0.3 is 26.8 Å². The van der Waals surface area contributed by atoms with Crippen molar-refractivity contribution in [3.05, 3.63) is 203 Å². The summed E-state index contributed by atoms with van der Waals surface area (Å²) in [4.78, 5) is 80.7. The van der Waals surface area contributed by atoms with Gasteiger partial charge in [0.15, 0.2) is 11.6 Å². The molecule has 0 bridgehead atoms. The minimum absolute atomic E-state index is 0.0465. The molecule has 0 unspecified atom stereocenters. The minimum atomic E-state index is -0.997. The zero-order valence-electron chi connectivity index (χ0n) is 37.3. The molecular weight excluding hydrogens is 845 g/mol. The molecule has 0 spiro atoms. The molecule has 0 aliphatic heterocycles. The number of carbonyl (C=O) groups is 6. The molecule has 2 aliphatic carbocycles. The Labute approximate surface area is 390 Å². The number of nitrogens with two attached hydrogens (primary N) is 1. The van der Waals surface area contributed by atoms with Gasteiger partial charge in [-0.2, -0.15) is 0 Å². The molecule has 13 heteroatoms. The van der Waals surface area contributed by atoms with Crippen molar-refractivity contribution in [2.45, 2.75) is 88.4 Å². The van der Waals surface area contributed by atoms with Crippen molar-refractivity contribution >= 4 is 35.3 Å². The smallest absolute Gasteiger partial charge is 0.335 e. The van der Waals surface area contributed by atoms with Gasteiger partial charge in [-0.15, -0.1) is 0 Å². The van der Waals surface area contributed by atoms with Crippen LogP contribution in [0.25, 0.3) is 0 Å². The summed E-state index contributed by atoms with van der Waals surface area (Å²) in [6, 6.07) is 37.3. The number of amides is 3.